The Bertz CT molecular complexity index is 179. The Hall–Kier alpha value is -0.370. The smallest absolute Gasteiger partial charge is 0.139 e. The van der Waals surface area contributed by atoms with Crippen LogP contribution >= 0.6 is 0 Å². The van der Waals surface area contributed by atoms with E-state index in [2.05, 4.69) is 6.92 Å². The molecule has 1 saturated carbocycles. The second kappa shape index (κ2) is 3.17. The topological polar surface area (TPSA) is 37.3 Å². The maximum Gasteiger partial charge on any atom is 0.139 e. The van der Waals surface area contributed by atoms with Crippen molar-refractivity contribution in [3.63, 3.8) is 0 Å². The van der Waals surface area contributed by atoms with Gasteiger partial charge in [-0.25, -0.2) is 0 Å². The third-order valence-electron chi connectivity index (χ3n) is 2.74. The highest BCUT2D eigenvalue weighted by Crippen LogP contribution is 2.32. The van der Waals surface area contributed by atoms with Crippen molar-refractivity contribution in [2.75, 3.05) is 0 Å². The molecular weight excluding hydrogens is 152 g/mol. The van der Waals surface area contributed by atoms with Gasteiger partial charge in [-0.1, -0.05) is 6.92 Å². The second-order valence-corrected chi connectivity index (χ2v) is 4.56. The first-order valence-electron chi connectivity index (χ1n) is 4.66. The predicted molar refractivity (Wildman–Crippen MR) is 47.8 cm³/mol. The molecular formula is C10H18O2. The average molecular weight is 170 g/mol. The largest absolute Gasteiger partial charge is 0.390 e. The molecule has 1 aliphatic carbocycles. The molecule has 0 aromatic rings. The van der Waals surface area contributed by atoms with E-state index in [-0.39, 0.29) is 11.7 Å². The van der Waals surface area contributed by atoms with Crippen LogP contribution in [0.15, 0.2) is 0 Å². The molecule has 0 bridgehead atoms. The molecule has 0 heterocycles. The molecule has 0 unspecified atom stereocenters. The first-order chi connectivity index (χ1) is 5.41. The van der Waals surface area contributed by atoms with Crippen LogP contribution in [0, 0.1) is 11.8 Å². The summed E-state index contributed by atoms with van der Waals surface area (Å²) in [5, 5.41) is 9.68. The van der Waals surface area contributed by atoms with Crippen molar-refractivity contribution in [3.8, 4) is 0 Å². The molecule has 70 valence electrons. The molecule has 0 spiro atoms. The van der Waals surface area contributed by atoms with E-state index in [9.17, 15) is 9.90 Å². The minimum Gasteiger partial charge on any atom is -0.390 e. The fourth-order valence-electron chi connectivity index (χ4n) is 1.95. The van der Waals surface area contributed by atoms with Gasteiger partial charge in [-0.05, 0) is 32.6 Å². The van der Waals surface area contributed by atoms with Crippen LogP contribution in [0.2, 0.25) is 0 Å². The predicted octanol–water partition coefficient (Wildman–Crippen LogP) is 1.76. The number of aliphatic hydroxyl groups is 1. The lowest BCUT2D eigenvalue weighted by atomic mass is 9.74. The van der Waals surface area contributed by atoms with Crippen LogP contribution in [0.1, 0.15) is 40.0 Å². The number of hydrogen-bond acceptors (Lipinski definition) is 2. The molecule has 12 heavy (non-hydrogen) atoms. The van der Waals surface area contributed by atoms with Gasteiger partial charge >= 0.3 is 0 Å². The van der Waals surface area contributed by atoms with E-state index >= 15 is 0 Å². The van der Waals surface area contributed by atoms with Crippen molar-refractivity contribution >= 4 is 5.78 Å². The SMILES string of the molecule is C[C@H]1CC[C@@H](C(C)(C)O)C(=O)C1. The Morgan fingerprint density at radius 2 is 2.00 bits per heavy atom. The summed E-state index contributed by atoms with van der Waals surface area (Å²) >= 11 is 0. The Kier molecular flexibility index (Phi) is 2.57. The summed E-state index contributed by atoms with van der Waals surface area (Å²) in [6.45, 7) is 5.55. The Balaban J connectivity index is 2.63. The molecule has 0 aliphatic heterocycles. The van der Waals surface area contributed by atoms with Crippen molar-refractivity contribution in [1.29, 1.82) is 0 Å². The summed E-state index contributed by atoms with van der Waals surface area (Å²) in [5.74, 6) is 0.617. The summed E-state index contributed by atoms with van der Waals surface area (Å²) in [6.07, 6.45) is 2.57. The number of rotatable bonds is 1. The van der Waals surface area contributed by atoms with E-state index in [1.807, 2.05) is 0 Å². The van der Waals surface area contributed by atoms with Gasteiger partial charge in [0, 0.05) is 12.3 Å². The molecule has 0 aromatic heterocycles. The highest BCUT2D eigenvalue weighted by atomic mass is 16.3. The Morgan fingerprint density at radius 1 is 1.42 bits per heavy atom. The monoisotopic (exact) mass is 170 g/mol. The zero-order valence-corrected chi connectivity index (χ0v) is 8.13. The van der Waals surface area contributed by atoms with E-state index in [1.165, 1.54) is 0 Å². The number of carbonyl (C=O) groups is 1. The van der Waals surface area contributed by atoms with Gasteiger partial charge in [0.15, 0.2) is 0 Å². The average Bonchev–Trinajstić information content (AvgIpc) is 1.83. The summed E-state index contributed by atoms with van der Waals surface area (Å²) in [7, 11) is 0. The third kappa shape index (κ3) is 2.07. The van der Waals surface area contributed by atoms with Crippen molar-refractivity contribution in [2.45, 2.75) is 45.6 Å². The van der Waals surface area contributed by atoms with Crippen LogP contribution in [-0.2, 0) is 4.79 Å². The van der Waals surface area contributed by atoms with Crippen LogP contribution in [-0.4, -0.2) is 16.5 Å². The first-order valence-corrected chi connectivity index (χ1v) is 4.66. The van der Waals surface area contributed by atoms with E-state index in [4.69, 9.17) is 0 Å². The van der Waals surface area contributed by atoms with Crippen LogP contribution in [0.5, 0.6) is 0 Å². The molecule has 0 radical (unpaired) electrons. The highest BCUT2D eigenvalue weighted by molar-refractivity contribution is 5.82. The number of Topliss-reactive ketones (excluding diaryl/α,β-unsaturated/α-hetero) is 1. The lowest BCUT2D eigenvalue weighted by molar-refractivity contribution is -0.134. The minimum absolute atomic E-state index is 0.131. The first kappa shape index (κ1) is 9.72. The fraction of sp³-hybridized carbons (Fsp3) is 0.900. The fourth-order valence-corrected chi connectivity index (χ4v) is 1.95. The second-order valence-electron chi connectivity index (χ2n) is 4.56. The van der Waals surface area contributed by atoms with E-state index in [0.29, 0.717) is 12.3 Å². The molecule has 2 heteroatoms. The highest BCUT2D eigenvalue weighted by Gasteiger charge is 2.36. The van der Waals surface area contributed by atoms with Gasteiger partial charge in [-0.3, -0.25) is 4.79 Å². The van der Waals surface area contributed by atoms with Gasteiger partial charge in [0.05, 0.1) is 5.60 Å². The van der Waals surface area contributed by atoms with Gasteiger partial charge in [-0.15, -0.1) is 0 Å². The zero-order valence-electron chi connectivity index (χ0n) is 8.13. The van der Waals surface area contributed by atoms with Crippen molar-refractivity contribution in [2.24, 2.45) is 11.8 Å². The molecule has 2 nitrogen and oxygen atoms in total. The molecule has 0 aromatic carbocycles. The molecule has 1 rings (SSSR count). The van der Waals surface area contributed by atoms with E-state index in [1.54, 1.807) is 13.8 Å². The lowest BCUT2D eigenvalue weighted by Gasteiger charge is -2.33. The number of carbonyl (C=O) groups excluding carboxylic acids is 1. The molecule has 1 N–H and O–H groups in total. The maximum atomic E-state index is 11.5. The minimum atomic E-state index is -0.822. The maximum absolute atomic E-state index is 11.5. The van der Waals surface area contributed by atoms with Crippen LogP contribution in [0.25, 0.3) is 0 Å². The number of hydrogen-bond donors (Lipinski definition) is 1. The number of ketones is 1. The van der Waals surface area contributed by atoms with Gasteiger partial charge in [0.1, 0.15) is 5.78 Å². The normalized spacial score (nSPS) is 32.2. The quantitative estimate of drug-likeness (QED) is 0.651. The van der Waals surface area contributed by atoms with Crippen LogP contribution in [0.4, 0.5) is 0 Å². The Morgan fingerprint density at radius 3 is 2.42 bits per heavy atom. The van der Waals surface area contributed by atoms with Gasteiger partial charge in [0.25, 0.3) is 0 Å². The van der Waals surface area contributed by atoms with Crippen molar-refractivity contribution in [3.05, 3.63) is 0 Å². The third-order valence-corrected chi connectivity index (χ3v) is 2.74. The van der Waals surface area contributed by atoms with Gasteiger partial charge in [0.2, 0.25) is 0 Å². The molecule has 0 saturated heterocycles. The lowest BCUT2D eigenvalue weighted by Crippen LogP contribution is -2.40. The molecule has 1 fully saturated rings. The van der Waals surface area contributed by atoms with Gasteiger partial charge < -0.3 is 5.11 Å². The summed E-state index contributed by atoms with van der Waals surface area (Å²) in [5.41, 5.74) is -0.822. The standard InChI is InChI=1S/C10H18O2/c1-7-4-5-8(9(11)6-7)10(2,3)12/h7-8,12H,4-6H2,1-3H3/t7-,8+/m0/s1. The zero-order chi connectivity index (χ0) is 9.35. The van der Waals surface area contributed by atoms with Crippen molar-refractivity contribution in [1.82, 2.24) is 0 Å². The van der Waals surface area contributed by atoms with E-state index in [0.717, 1.165) is 12.8 Å². The Labute approximate surface area is 74.0 Å². The van der Waals surface area contributed by atoms with Crippen molar-refractivity contribution < 1.29 is 9.90 Å². The van der Waals surface area contributed by atoms with Crippen LogP contribution in [0.3, 0.4) is 0 Å². The van der Waals surface area contributed by atoms with E-state index < -0.39 is 5.60 Å². The summed E-state index contributed by atoms with van der Waals surface area (Å²) in [4.78, 5) is 11.5. The molecule has 0 amide bonds. The summed E-state index contributed by atoms with van der Waals surface area (Å²) in [6, 6.07) is 0. The van der Waals surface area contributed by atoms with Gasteiger partial charge in [-0.2, -0.15) is 0 Å². The molecule has 1 aliphatic rings. The summed E-state index contributed by atoms with van der Waals surface area (Å²) < 4.78 is 0. The van der Waals surface area contributed by atoms with Crippen LogP contribution < -0.4 is 0 Å². The molecule has 2 atom stereocenters.